The highest BCUT2D eigenvalue weighted by molar-refractivity contribution is 5.97. The highest BCUT2D eigenvalue weighted by atomic mass is 16.5. The molecule has 1 atom stereocenters. The summed E-state index contributed by atoms with van der Waals surface area (Å²) in [5, 5.41) is 21.4. The van der Waals surface area contributed by atoms with Crippen LogP contribution in [-0.2, 0) is 4.74 Å². The quantitative estimate of drug-likeness (QED) is 0.527. The van der Waals surface area contributed by atoms with Crippen molar-refractivity contribution in [1.29, 1.82) is 0 Å². The summed E-state index contributed by atoms with van der Waals surface area (Å²) in [7, 11) is 0. The Labute approximate surface area is 106 Å². The lowest BCUT2D eigenvalue weighted by atomic mass is 10.1. The van der Waals surface area contributed by atoms with Gasteiger partial charge in [-0.3, -0.25) is 4.79 Å². The molecule has 98 valence electrons. The van der Waals surface area contributed by atoms with E-state index in [9.17, 15) is 15.0 Å². The number of benzene rings is 1. The van der Waals surface area contributed by atoms with Crippen molar-refractivity contribution in [3.05, 3.63) is 36.4 Å². The topological polar surface area (TPSA) is 78.8 Å². The number of amides is 1. The molecule has 1 rings (SSSR count). The lowest BCUT2D eigenvalue weighted by molar-refractivity contribution is 0.0768. The van der Waals surface area contributed by atoms with Crippen molar-refractivity contribution >= 4 is 5.91 Å². The van der Waals surface area contributed by atoms with Crippen molar-refractivity contribution in [1.82, 2.24) is 5.32 Å². The Kier molecular flexibility index (Phi) is 5.20. The predicted molar refractivity (Wildman–Crippen MR) is 67.7 cm³/mol. The molecule has 5 heteroatoms. The van der Waals surface area contributed by atoms with Crippen molar-refractivity contribution in [2.24, 2.45) is 0 Å². The Morgan fingerprint density at radius 3 is 2.94 bits per heavy atom. The standard InChI is InChI=1S/C13H17NO4/c1-3-7-18-9(2)8-14-13(17)10-5-4-6-11(15)12(10)16/h3-6,9,15-16H,1,7-8H2,2H3,(H,14,17). The van der Waals surface area contributed by atoms with Gasteiger partial charge in [0.2, 0.25) is 0 Å². The van der Waals surface area contributed by atoms with E-state index in [1.54, 1.807) is 6.08 Å². The monoisotopic (exact) mass is 251 g/mol. The normalized spacial score (nSPS) is 11.8. The van der Waals surface area contributed by atoms with E-state index < -0.39 is 11.7 Å². The summed E-state index contributed by atoms with van der Waals surface area (Å²) < 4.78 is 5.29. The lowest BCUT2D eigenvalue weighted by Gasteiger charge is -2.13. The van der Waals surface area contributed by atoms with Crippen LogP contribution in [0, 0.1) is 0 Å². The minimum Gasteiger partial charge on any atom is -0.504 e. The van der Waals surface area contributed by atoms with E-state index in [0.29, 0.717) is 13.2 Å². The zero-order valence-electron chi connectivity index (χ0n) is 10.2. The first-order valence-electron chi connectivity index (χ1n) is 5.58. The number of nitrogens with one attached hydrogen (secondary N) is 1. The number of rotatable bonds is 6. The summed E-state index contributed by atoms with van der Waals surface area (Å²) in [5.41, 5.74) is 0.0333. The number of phenolic OH excluding ortho intramolecular Hbond substituents is 2. The maximum Gasteiger partial charge on any atom is 0.255 e. The average molecular weight is 251 g/mol. The SMILES string of the molecule is C=CCOC(C)CNC(=O)c1cccc(O)c1O. The molecule has 0 aliphatic heterocycles. The van der Waals surface area contributed by atoms with Crippen molar-refractivity contribution < 1.29 is 19.7 Å². The van der Waals surface area contributed by atoms with Crippen LogP contribution >= 0.6 is 0 Å². The van der Waals surface area contributed by atoms with Crippen LogP contribution in [-0.4, -0.2) is 35.4 Å². The molecule has 0 radical (unpaired) electrons. The molecule has 1 aromatic rings. The summed E-state index contributed by atoms with van der Waals surface area (Å²) in [6, 6.07) is 4.23. The highest BCUT2D eigenvalue weighted by Crippen LogP contribution is 2.27. The maximum absolute atomic E-state index is 11.7. The summed E-state index contributed by atoms with van der Waals surface area (Å²) in [5.74, 6) is -1.20. The highest BCUT2D eigenvalue weighted by Gasteiger charge is 2.14. The number of hydrogen-bond acceptors (Lipinski definition) is 4. The first-order valence-corrected chi connectivity index (χ1v) is 5.58. The summed E-state index contributed by atoms with van der Waals surface area (Å²) in [4.78, 5) is 11.7. The number of ether oxygens (including phenoxy) is 1. The van der Waals surface area contributed by atoms with Gasteiger partial charge in [0.25, 0.3) is 5.91 Å². The largest absolute Gasteiger partial charge is 0.504 e. The molecule has 3 N–H and O–H groups in total. The van der Waals surface area contributed by atoms with Crippen LogP contribution in [0.2, 0.25) is 0 Å². The molecule has 1 amide bonds. The van der Waals surface area contributed by atoms with Gasteiger partial charge in [-0.1, -0.05) is 12.1 Å². The Balaban J connectivity index is 2.55. The molecule has 1 aromatic carbocycles. The van der Waals surface area contributed by atoms with E-state index in [1.165, 1.54) is 18.2 Å². The lowest BCUT2D eigenvalue weighted by Crippen LogP contribution is -2.32. The molecule has 0 bridgehead atoms. The van der Waals surface area contributed by atoms with Crippen molar-refractivity contribution in [3.63, 3.8) is 0 Å². The fraction of sp³-hybridized carbons (Fsp3) is 0.308. The molecule has 0 aromatic heterocycles. The van der Waals surface area contributed by atoms with Crippen LogP contribution in [0.3, 0.4) is 0 Å². The molecule has 0 heterocycles. The third-order valence-corrected chi connectivity index (χ3v) is 2.31. The van der Waals surface area contributed by atoms with Crippen LogP contribution in [0.1, 0.15) is 17.3 Å². The number of carbonyl (C=O) groups is 1. The predicted octanol–water partition coefficient (Wildman–Crippen LogP) is 1.42. The number of para-hydroxylation sites is 1. The zero-order chi connectivity index (χ0) is 13.5. The molecule has 0 saturated carbocycles. The van der Waals surface area contributed by atoms with Crippen molar-refractivity contribution in [2.45, 2.75) is 13.0 Å². The molecule has 0 spiro atoms. The molecule has 18 heavy (non-hydrogen) atoms. The van der Waals surface area contributed by atoms with E-state index in [0.717, 1.165) is 0 Å². The van der Waals surface area contributed by atoms with Gasteiger partial charge in [0, 0.05) is 6.54 Å². The van der Waals surface area contributed by atoms with Gasteiger partial charge in [-0.2, -0.15) is 0 Å². The van der Waals surface area contributed by atoms with Gasteiger partial charge in [-0.15, -0.1) is 6.58 Å². The number of carbonyl (C=O) groups excluding carboxylic acids is 1. The van der Waals surface area contributed by atoms with Crippen LogP contribution in [0.5, 0.6) is 11.5 Å². The second-order valence-electron chi connectivity index (χ2n) is 3.82. The fourth-order valence-corrected chi connectivity index (χ4v) is 1.34. The second kappa shape index (κ2) is 6.66. The van der Waals surface area contributed by atoms with E-state index >= 15 is 0 Å². The molecule has 5 nitrogen and oxygen atoms in total. The van der Waals surface area contributed by atoms with Gasteiger partial charge < -0.3 is 20.3 Å². The van der Waals surface area contributed by atoms with Crippen LogP contribution in [0.15, 0.2) is 30.9 Å². The van der Waals surface area contributed by atoms with Crippen LogP contribution in [0.25, 0.3) is 0 Å². The maximum atomic E-state index is 11.7. The minimum absolute atomic E-state index is 0.0333. The Hall–Kier alpha value is -2.01. The van der Waals surface area contributed by atoms with Crippen LogP contribution in [0.4, 0.5) is 0 Å². The Morgan fingerprint density at radius 2 is 2.28 bits per heavy atom. The second-order valence-corrected chi connectivity index (χ2v) is 3.82. The van der Waals surface area contributed by atoms with Crippen molar-refractivity contribution in [3.8, 4) is 11.5 Å². The third kappa shape index (κ3) is 3.78. The molecule has 0 saturated heterocycles. The first kappa shape index (κ1) is 14.1. The Morgan fingerprint density at radius 1 is 1.56 bits per heavy atom. The number of hydrogen-bond donors (Lipinski definition) is 3. The van der Waals surface area contributed by atoms with E-state index in [-0.39, 0.29) is 17.4 Å². The fourth-order valence-electron chi connectivity index (χ4n) is 1.34. The molecule has 0 aliphatic rings. The van der Waals surface area contributed by atoms with Crippen molar-refractivity contribution in [2.75, 3.05) is 13.2 Å². The minimum atomic E-state index is -0.461. The molecular formula is C13H17NO4. The molecule has 1 unspecified atom stereocenters. The summed E-state index contributed by atoms with van der Waals surface area (Å²) >= 11 is 0. The van der Waals surface area contributed by atoms with Gasteiger partial charge in [0.05, 0.1) is 18.3 Å². The van der Waals surface area contributed by atoms with Gasteiger partial charge in [0.1, 0.15) is 0 Å². The molecule has 0 aliphatic carbocycles. The summed E-state index contributed by atoms with van der Waals surface area (Å²) in [6.07, 6.45) is 1.46. The van der Waals surface area contributed by atoms with Crippen LogP contribution < -0.4 is 5.32 Å². The van der Waals surface area contributed by atoms with Gasteiger partial charge in [-0.05, 0) is 19.1 Å². The third-order valence-electron chi connectivity index (χ3n) is 2.31. The smallest absolute Gasteiger partial charge is 0.255 e. The number of aromatic hydroxyl groups is 2. The average Bonchev–Trinajstić information content (AvgIpc) is 2.36. The van der Waals surface area contributed by atoms with Gasteiger partial charge in [-0.25, -0.2) is 0 Å². The molecule has 0 fully saturated rings. The summed E-state index contributed by atoms with van der Waals surface area (Å²) in [6.45, 7) is 6.05. The van der Waals surface area contributed by atoms with E-state index in [2.05, 4.69) is 11.9 Å². The van der Waals surface area contributed by atoms with Gasteiger partial charge >= 0.3 is 0 Å². The zero-order valence-corrected chi connectivity index (χ0v) is 10.2. The van der Waals surface area contributed by atoms with E-state index in [1.807, 2.05) is 6.92 Å². The molecular weight excluding hydrogens is 234 g/mol. The van der Waals surface area contributed by atoms with E-state index in [4.69, 9.17) is 4.74 Å². The Bertz CT molecular complexity index is 431. The number of phenols is 2. The van der Waals surface area contributed by atoms with Gasteiger partial charge in [0.15, 0.2) is 11.5 Å². The first-order chi connectivity index (χ1) is 8.56.